The van der Waals surface area contributed by atoms with E-state index in [4.69, 9.17) is 0 Å². The van der Waals surface area contributed by atoms with Gasteiger partial charge in [0.2, 0.25) is 0 Å². The highest BCUT2D eigenvalue weighted by Crippen LogP contribution is 2.41. The fourth-order valence-corrected chi connectivity index (χ4v) is 3.02. The molecular formula is C15H19NO. The lowest BCUT2D eigenvalue weighted by molar-refractivity contribution is 0.209. The molecule has 1 aliphatic carbocycles. The summed E-state index contributed by atoms with van der Waals surface area (Å²) in [5, 5.41) is 18.9. The van der Waals surface area contributed by atoms with Crippen LogP contribution < -0.4 is 0 Å². The van der Waals surface area contributed by atoms with Crippen molar-refractivity contribution in [2.45, 2.75) is 39.0 Å². The van der Waals surface area contributed by atoms with Crippen LogP contribution in [-0.2, 0) is 6.42 Å². The SMILES string of the molecule is CC1CCCC(C#N)(Cc2cccc(O)c2)C1. The summed E-state index contributed by atoms with van der Waals surface area (Å²) >= 11 is 0. The van der Waals surface area contributed by atoms with E-state index < -0.39 is 0 Å². The average molecular weight is 229 g/mol. The third kappa shape index (κ3) is 2.79. The minimum atomic E-state index is -0.217. The Labute approximate surface area is 103 Å². The van der Waals surface area contributed by atoms with E-state index in [1.165, 1.54) is 6.42 Å². The molecule has 2 unspecified atom stereocenters. The summed E-state index contributed by atoms with van der Waals surface area (Å²) in [6.07, 6.45) is 5.13. The molecule has 0 radical (unpaired) electrons. The molecule has 1 N–H and O–H groups in total. The van der Waals surface area contributed by atoms with Crippen molar-refractivity contribution in [1.29, 1.82) is 5.26 Å². The lowest BCUT2D eigenvalue weighted by Crippen LogP contribution is -2.28. The first-order valence-electron chi connectivity index (χ1n) is 6.33. The van der Waals surface area contributed by atoms with Crippen LogP contribution in [0.1, 0.15) is 38.2 Å². The molecule has 0 bridgehead atoms. The Morgan fingerprint density at radius 1 is 1.53 bits per heavy atom. The van der Waals surface area contributed by atoms with Crippen LogP contribution in [0.4, 0.5) is 0 Å². The fourth-order valence-electron chi connectivity index (χ4n) is 3.02. The van der Waals surface area contributed by atoms with Crippen LogP contribution in [0, 0.1) is 22.7 Å². The van der Waals surface area contributed by atoms with E-state index in [9.17, 15) is 10.4 Å². The highest BCUT2D eigenvalue weighted by molar-refractivity contribution is 5.29. The summed E-state index contributed by atoms with van der Waals surface area (Å²) in [6.45, 7) is 2.23. The summed E-state index contributed by atoms with van der Waals surface area (Å²) in [5.41, 5.74) is 0.853. The van der Waals surface area contributed by atoms with E-state index in [0.717, 1.165) is 31.2 Å². The molecule has 1 aliphatic rings. The Morgan fingerprint density at radius 2 is 2.35 bits per heavy atom. The molecule has 1 saturated carbocycles. The second-order valence-corrected chi connectivity index (χ2v) is 5.44. The van der Waals surface area contributed by atoms with Gasteiger partial charge in [0, 0.05) is 0 Å². The van der Waals surface area contributed by atoms with Gasteiger partial charge in [0.25, 0.3) is 0 Å². The molecule has 90 valence electrons. The standard InChI is InChI=1S/C15H19NO/c1-12-4-3-7-15(9-12,11-16)10-13-5-2-6-14(17)8-13/h2,5-6,8,12,17H,3-4,7,9-10H2,1H3. The molecular weight excluding hydrogens is 210 g/mol. The Balaban J connectivity index is 2.17. The minimum Gasteiger partial charge on any atom is -0.508 e. The van der Waals surface area contributed by atoms with E-state index >= 15 is 0 Å². The van der Waals surface area contributed by atoms with E-state index in [1.807, 2.05) is 12.1 Å². The molecule has 2 nitrogen and oxygen atoms in total. The van der Waals surface area contributed by atoms with Gasteiger partial charge in [0.05, 0.1) is 11.5 Å². The van der Waals surface area contributed by atoms with Crippen LogP contribution >= 0.6 is 0 Å². The minimum absolute atomic E-state index is 0.217. The summed E-state index contributed by atoms with van der Waals surface area (Å²) in [7, 11) is 0. The van der Waals surface area contributed by atoms with Gasteiger partial charge in [-0.15, -0.1) is 0 Å². The lowest BCUT2D eigenvalue weighted by atomic mass is 9.68. The first kappa shape index (κ1) is 12.0. The van der Waals surface area contributed by atoms with Crippen molar-refractivity contribution in [3.8, 4) is 11.8 Å². The van der Waals surface area contributed by atoms with E-state index in [0.29, 0.717) is 11.7 Å². The summed E-state index contributed by atoms with van der Waals surface area (Å²) < 4.78 is 0. The average Bonchev–Trinajstić information content (AvgIpc) is 2.29. The number of nitrogens with zero attached hydrogens (tertiary/aromatic N) is 1. The largest absolute Gasteiger partial charge is 0.508 e. The third-order valence-electron chi connectivity index (χ3n) is 3.78. The number of hydrogen-bond acceptors (Lipinski definition) is 2. The zero-order valence-electron chi connectivity index (χ0n) is 10.3. The van der Waals surface area contributed by atoms with Crippen molar-refractivity contribution in [1.82, 2.24) is 0 Å². The number of nitriles is 1. The highest BCUT2D eigenvalue weighted by atomic mass is 16.3. The molecule has 0 heterocycles. The van der Waals surface area contributed by atoms with Crippen LogP contribution in [-0.4, -0.2) is 5.11 Å². The van der Waals surface area contributed by atoms with Gasteiger partial charge < -0.3 is 5.11 Å². The van der Waals surface area contributed by atoms with Crippen molar-refractivity contribution in [3.05, 3.63) is 29.8 Å². The summed E-state index contributed by atoms with van der Waals surface area (Å²) in [5.74, 6) is 0.931. The number of aromatic hydroxyl groups is 1. The highest BCUT2D eigenvalue weighted by Gasteiger charge is 2.35. The van der Waals surface area contributed by atoms with Gasteiger partial charge in [-0.1, -0.05) is 31.9 Å². The van der Waals surface area contributed by atoms with E-state index in [2.05, 4.69) is 13.0 Å². The topological polar surface area (TPSA) is 44.0 Å². The molecule has 0 spiro atoms. The van der Waals surface area contributed by atoms with Crippen molar-refractivity contribution in [3.63, 3.8) is 0 Å². The van der Waals surface area contributed by atoms with E-state index in [-0.39, 0.29) is 5.41 Å². The molecule has 1 aromatic carbocycles. The lowest BCUT2D eigenvalue weighted by Gasteiger charge is -2.34. The number of benzene rings is 1. The predicted molar refractivity (Wildman–Crippen MR) is 67.5 cm³/mol. The second kappa shape index (κ2) is 4.79. The normalized spacial score (nSPS) is 28.6. The predicted octanol–water partition coefficient (Wildman–Crippen LogP) is 3.65. The van der Waals surface area contributed by atoms with Crippen molar-refractivity contribution in [2.75, 3.05) is 0 Å². The molecule has 0 saturated heterocycles. The van der Waals surface area contributed by atoms with Crippen LogP contribution in [0.3, 0.4) is 0 Å². The van der Waals surface area contributed by atoms with Crippen molar-refractivity contribution in [2.24, 2.45) is 11.3 Å². The molecule has 1 aromatic rings. The first-order chi connectivity index (χ1) is 8.13. The summed E-state index contributed by atoms with van der Waals surface area (Å²) in [4.78, 5) is 0. The molecule has 2 heteroatoms. The van der Waals surface area contributed by atoms with Gasteiger partial charge in [-0.3, -0.25) is 0 Å². The second-order valence-electron chi connectivity index (χ2n) is 5.44. The van der Waals surface area contributed by atoms with Gasteiger partial charge in [0.15, 0.2) is 0 Å². The number of hydrogen-bond donors (Lipinski definition) is 1. The van der Waals surface area contributed by atoms with Crippen LogP contribution in [0.5, 0.6) is 5.75 Å². The number of phenols is 1. The first-order valence-corrected chi connectivity index (χ1v) is 6.33. The van der Waals surface area contributed by atoms with Crippen LogP contribution in [0.15, 0.2) is 24.3 Å². The van der Waals surface area contributed by atoms with E-state index in [1.54, 1.807) is 12.1 Å². The third-order valence-corrected chi connectivity index (χ3v) is 3.78. The molecule has 1 fully saturated rings. The monoisotopic (exact) mass is 229 g/mol. The molecule has 2 rings (SSSR count). The molecule has 0 aromatic heterocycles. The Hall–Kier alpha value is -1.49. The smallest absolute Gasteiger partial charge is 0.115 e. The molecule has 0 aliphatic heterocycles. The zero-order chi connectivity index (χ0) is 12.3. The van der Waals surface area contributed by atoms with Crippen molar-refractivity contribution < 1.29 is 5.11 Å². The maximum absolute atomic E-state index is 9.48. The van der Waals surface area contributed by atoms with Crippen LogP contribution in [0.2, 0.25) is 0 Å². The van der Waals surface area contributed by atoms with Gasteiger partial charge in [-0.2, -0.15) is 5.26 Å². The van der Waals surface area contributed by atoms with Gasteiger partial charge >= 0.3 is 0 Å². The fraction of sp³-hybridized carbons (Fsp3) is 0.533. The summed E-state index contributed by atoms with van der Waals surface area (Å²) in [6, 6.07) is 9.83. The Bertz CT molecular complexity index is 435. The molecule has 0 amide bonds. The molecule has 2 atom stereocenters. The van der Waals surface area contributed by atoms with Gasteiger partial charge in [-0.05, 0) is 42.9 Å². The van der Waals surface area contributed by atoms with Crippen molar-refractivity contribution >= 4 is 0 Å². The number of rotatable bonds is 2. The van der Waals surface area contributed by atoms with Gasteiger partial charge in [0.1, 0.15) is 5.75 Å². The van der Waals surface area contributed by atoms with Gasteiger partial charge in [-0.25, -0.2) is 0 Å². The maximum atomic E-state index is 9.48. The van der Waals surface area contributed by atoms with Crippen LogP contribution in [0.25, 0.3) is 0 Å². The Kier molecular flexibility index (Phi) is 3.38. The molecule has 17 heavy (non-hydrogen) atoms. The Morgan fingerprint density at radius 3 is 3.00 bits per heavy atom. The zero-order valence-corrected chi connectivity index (χ0v) is 10.3. The maximum Gasteiger partial charge on any atom is 0.115 e. The number of phenolic OH excluding ortho intramolecular Hbond substituents is 1. The quantitative estimate of drug-likeness (QED) is 0.841.